The van der Waals surface area contributed by atoms with Gasteiger partial charge in [0.2, 0.25) is 0 Å². The van der Waals surface area contributed by atoms with Crippen LogP contribution in [-0.2, 0) is 23.7 Å². The van der Waals surface area contributed by atoms with Crippen LogP contribution in [0.5, 0.6) is 0 Å². The van der Waals surface area contributed by atoms with Crippen molar-refractivity contribution in [1.82, 2.24) is 0 Å². The van der Waals surface area contributed by atoms with Gasteiger partial charge in [-0.25, -0.2) is 4.79 Å². The van der Waals surface area contributed by atoms with E-state index < -0.39 is 31.1 Å². The minimum Gasteiger partial charge on any atom is -0.459 e. The minimum atomic E-state index is -4.39. The van der Waals surface area contributed by atoms with Crippen molar-refractivity contribution in [1.29, 1.82) is 0 Å². The van der Waals surface area contributed by atoms with Crippen LogP contribution >= 0.6 is 0 Å². The molecule has 0 rings (SSSR count). The van der Waals surface area contributed by atoms with Crippen LogP contribution in [0.15, 0.2) is 0 Å². The number of rotatable bonds is 6. The number of carbonyl (C=O) groups excluding carboxylic acids is 1. The van der Waals surface area contributed by atoms with Crippen LogP contribution in [-0.4, -0.2) is 46.1 Å². The molecule has 0 aromatic rings. The zero-order chi connectivity index (χ0) is 12.8. The van der Waals surface area contributed by atoms with Crippen LogP contribution in [0.3, 0.4) is 0 Å². The van der Waals surface area contributed by atoms with Gasteiger partial charge in [0.05, 0.1) is 6.42 Å². The Morgan fingerprint density at radius 1 is 1.06 bits per heavy atom. The van der Waals surface area contributed by atoms with Gasteiger partial charge in [0, 0.05) is 21.3 Å². The van der Waals surface area contributed by atoms with Gasteiger partial charge in [0.25, 0.3) is 0 Å². The normalized spacial score (nSPS) is 12.6. The lowest BCUT2D eigenvalue weighted by atomic mass is 10.4. The molecular formula is C8H13F3O5. The number of ether oxygens (including phenoxy) is 4. The van der Waals surface area contributed by atoms with E-state index in [1.807, 2.05) is 0 Å². The molecule has 8 heteroatoms. The van der Waals surface area contributed by atoms with E-state index in [1.54, 1.807) is 0 Å². The highest BCUT2D eigenvalue weighted by Gasteiger charge is 2.42. The average molecular weight is 246 g/mol. The third-order valence-corrected chi connectivity index (χ3v) is 1.67. The monoisotopic (exact) mass is 246 g/mol. The molecule has 0 aromatic carbocycles. The molecule has 0 aliphatic carbocycles. The summed E-state index contributed by atoms with van der Waals surface area (Å²) in [6.07, 6.45) is -5.64. The number of esters is 1. The second-order valence-electron chi connectivity index (χ2n) is 2.67. The summed E-state index contributed by atoms with van der Waals surface area (Å²) >= 11 is 0. The SMILES string of the molecule is COC(OC)(OC)C(=O)OCCC(F)(F)F. The molecule has 0 aliphatic heterocycles. The standard InChI is InChI=1S/C8H13F3O5/c1-13-8(14-2,15-3)6(12)16-5-4-7(9,10)11/h4-5H2,1-3H3. The number of methoxy groups -OCH3 is 3. The maximum absolute atomic E-state index is 11.8. The van der Waals surface area contributed by atoms with E-state index in [-0.39, 0.29) is 0 Å². The first-order valence-corrected chi connectivity index (χ1v) is 4.20. The molecule has 0 atom stereocenters. The second kappa shape index (κ2) is 6.02. The van der Waals surface area contributed by atoms with Crippen molar-refractivity contribution in [3.05, 3.63) is 0 Å². The summed E-state index contributed by atoms with van der Waals surface area (Å²) in [6.45, 7) is -0.819. The fourth-order valence-electron chi connectivity index (χ4n) is 0.848. The topological polar surface area (TPSA) is 54.0 Å². The number of halogens is 3. The van der Waals surface area contributed by atoms with E-state index in [9.17, 15) is 18.0 Å². The number of hydrogen-bond acceptors (Lipinski definition) is 5. The van der Waals surface area contributed by atoms with Crippen LogP contribution in [0.4, 0.5) is 13.2 Å². The van der Waals surface area contributed by atoms with Gasteiger partial charge < -0.3 is 18.9 Å². The third-order valence-electron chi connectivity index (χ3n) is 1.67. The highest BCUT2D eigenvalue weighted by atomic mass is 19.4. The van der Waals surface area contributed by atoms with Gasteiger partial charge in [-0.2, -0.15) is 13.2 Å². The maximum Gasteiger partial charge on any atom is 0.398 e. The summed E-state index contributed by atoms with van der Waals surface area (Å²) in [4.78, 5) is 11.3. The molecule has 0 radical (unpaired) electrons. The lowest BCUT2D eigenvalue weighted by molar-refractivity contribution is -0.338. The van der Waals surface area contributed by atoms with Crippen molar-refractivity contribution in [3.63, 3.8) is 0 Å². The highest BCUT2D eigenvalue weighted by Crippen LogP contribution is 2.20. The number of alkyl halides is 3. The van der Waals surface area contributed by atoms with Gasteiger partial charge in [-0.3, -0.25) is 0 Å². The van der Waals surface area contributed by atoms with Crippen molar-refractivity contribution in [2.24, 2.45) is 0 Å². The van der Waals surface area contributed by atoms with Gasteiger partial charge in [-0.05, 0) is 0 Å². The Balaban J connectivity index is 4.23. The van der Waals surface area contributed by atoms with Gasteiger partial charge >= 0.3 is 18.1 Å². The van der Waals surface area contributed by atoms with E-state index in [1.165, 1.54) is 0 Å². The molecule has 0 saturated heterocycles. The molecule has 0 bridgehead atoms. The molecule has 0 heterocycles. The second-order valence-corrected chi connectivity index (χ2v) is 2.67. The average Bonchev–Trinajstić information content (AvgIpc) is 2.19. The van der Waals surface area contributed by atoms with Crippen LogP contribution < -0.4 is 0 Å². The lowest BCUT2D eigenvalue weighted by Gasteiger charge is -2.25. The van der Waals surface area contributed by atoms with E-state index in [2.05, 4.69) is 18.9 Å². The van der Waals surface area contributed by atoms with Crippen LogP contribution in [0.1, 0.15) is 6.42 Å². The van der Waals surface area contributed by atoms with Crippen LogP contribution in [0.25, 0.3) is 0 Å². The first-order chi connectivity index (χ1) is 7.31. The Morgan fingerprint density at radius 2 is 1.50 bits per heavy atom. The fraction of sp³-hybridized carbons (Fsp3) is 0.875. The molecule has 0 aliphatic rings. The largest absolute Gasteiger partial charge is 0.459 e. The Bertz CT molecular complexity index is 216. The third kappa shape index (κ3) is 4.33. The number of carbonyl (C=O) groups is 1. The molecule has 0 spiro atoms. The van der Waals surface area contributed by atoms with Gasteiger partial charge in [-0.1, -0.05) is 0 Å². The predicted molar refractivity (Wildman–Crippen MR) is 45.4 cm³/mol. The van der Waals surface area contributed by atoms with Crippen molar-refractivity contribution >= 4 is 5.97 Å². The molecular weight excluding hydrogens is 233 g/mol. The first kappa shape index (κ1) is 15.1. The van der Waals surface area contributed by atoms with E-state index in [0.717, 1.165) is 21.3 Å². The van der Waals surface area contributed by atoms with Crippen LogP contribution in [0.2, 0.25) is 0 Å². The summed E-state index contributed by atoms with van der Waals surface area (Å²) < 4.78 is 53.4. The zero-order valence-electron chi connectivity index (χ0n) is 9.09. The summed E-state index contributed by atoms with van der Waals surface area (Å²) in [6, 6.07) is 0. The first-order valence-electron chi connectivity index (χ1n) is 4.20. The molecule has 0 fully saturated rings. The minimum absolute atomic E-state index is 0.819. The molecule has 96 valence electrons. The quantitative estimate of drug-likeness (QED) is 0.518. The summed E-state index contributed by atoms with van der Waals surface area (Å²) in [5, 5.41) is 0. The molecule has 5 nitrogen and oxygen atoms in total. The summed E-state index contributed by atoms with van der Waals surface area (Å²) in [7, 11) is 3.29. The Hall–Kier alpha value is -0.860. The Labute approximate surface area is 90.4 Å². The van der Waals surface area contributed by atoms with Crippen molar-refractivity contribution in [2.45, 2.75) is 18.6 Å². The lowest BCUT2D eigenvalue weighted by Crippen LogP contribution is -2.46. The van der Waals surface area contributed by atoms with Crippen molar-refractivity contribution < 1.29 is 36.9 Å². The van der Waals surface area contributed by atoms with E-state index >= 15 is 0 Å². The van der Waals surface area contributed by atoms with Crippen molar-refractivity contribution in [2.75, 3.05) is 27.9 Å². The molecule has 16 heavy (non-hydrogen) atoms. The van der Waals surface area contributed by atoms with Crippen molar-refractivity contribution in [3.8, 4) is 0 Å². The molecule has 0 unspecified atom stereocenters. The van der Waals surface area contributed by atoms with Crippen LogP contribution in [0, 0.1) is 0 Å². The smallest absolute Gasteiger partial charge is 0.398 e. The Morgan fingerprint density at radius 3 is 1.81 bits per heavy atom. The number of hydrogen-bond donors (Lipinski definition) is 0. The molecule has 0 N–H and O–H groups in total. The highest BCUT2D eigenvalue weighted by molar-refractivity contribution is 5.76. The molecule has 0 amide bonds. The summed E-state index contributed by atoms with van der Waals surface area (Å²) in [5.74, 6) is -3.30. The molecule has 0 aromatic heterocycles. The summed E-state index contributed by atoms with van der Waals surface area (Å²) in [5.41, 5.74) is 0. The van der Waals surface area contributed by atoms with E-state index in [0.29, 0.717) is 0 Å². The Kier molecular flexibility index (Phi) is 5.70. The molecule has 0 saturated carbocycles. The van der Waals surface area contributed by atoms with Gasteiger partial charge in [-0.15, -0.1) is 0 Å². The maximum atomic E-state index is 11.8. The fourth-order valence-corrected chi connectivity index (χ4v) is 0.848. The zero-order valence-corrected chi connectivity index (χ0v) is 9.09. The van der Waals surface area contributed by atoms with Gasteiger partial charge in [0.15, 0.2) is 0 Å². The van der Waals surface area contributed by atoms with Gasteiger partial charge in [0.1, 0.15) is 6.61 Å². The van der Waals surface area contributed by atoms with E-state index in [4.69, 9.17) is 0 Å². The predicted octanol–water partition coefficient (Wildman–Crippen LogP) is 1.08.